The Labute approximate surface area is 198 Å². The topological polar surface area (TPSA) is 118 Å². The van der Waals surface area contributed by atoms with Gasteiger partial charge in [-0.3, -0.25) is 9.78 Å². The first-order valence-corrected chi connectivity index (χ1v) is 12.0. The molecule has 5 aromatic rings. The van der Waals surface area contributed by atoms with E-state index in [4.69, 9.17) is 9.52 Å². The van der Waals surface area contributed by atoms with E-state index in [1.807, 2.05) is 28.8 Å². The summed E-state index contributed by atoms with van der Waals surface area (Å²) >= 11 is 0. The largest absolute Gasteiger partial charge is 0.412 e. The van der Waals surface area contributed by atoms with Crippen molar-refractivity contribution in [3.05, 3.63) is 83.8 Å². The van der Waals surface area contributed by atoms with Gasteiger partial charge in [-0.05, 0) is 30.3 Å². The lowest BCUT2D eigenvalue weighted by Crippen LogP contribution is -2.41. The van der Waals surface area contributed by atoms with Gasteiger partial charge in [0.2, 0.25) is 5.89 Å². The van der Waals surface area contributed by atoms with Gasteiger partial charge in [-0.1, -0.05) is 6.07 Å². The Morgan fingerprint density at radius 1 is 1.21 bits per heavy atom. The third-order valence-corrected chi connectivity index (χ3v) is 6.54. The first-order valence-electron chi connectivity index (χ1n) is 10.7. The number of imidazole rings is 1. The van der Waals surface area contributed by atoms with Crippen LogP contribution in [0.1, 0.15) is 44.9 Å². The zero-order chi connectivity index (χ0) is 23.2. The number of H-pyrrole nitrogens is 1. The Morgan fingerprint density at radius 3 is 2.94 bits per heavy atom. The third kappa shape index (κ3) is 3.50. The van der Waals surface area contributed by atoms with Crippen LogP contribution in [-0.2, 0) is 6.42 Å². The van der Waals surface area contributed by atoms with E-state index in [1.165, 1.54) is 0 Å². The number of hydrogen-bond acceptors (Lipinski definition) is 7. The molecule has 1 aliphatic rings. The van der Waals surface area contributed by atoms with Crippen LogP contribution in [0.25, 0.3) is 17.0 Å². The molecule has 1 amide bonds. The van der Waals surface area contributed by atoms with Crippen LogP contribution in [0.5, 0.6) is 0 Å². The minimum Gasteiger partial charge on any atom is -0.412 e. The Kier molecular flexibility index (Phi) is 5.20. The van der Waals surface area contributed by atoms with E-state index in [-0.39, 0.29) is 23.1 Å². The quantitative estimate of drug-likeness (QED) is 0.385. The zero-order valence-corrected chi connectivity index (χ0v) is 20.2. The first-order chi connectivity index (χ1) is 16.6. The lowest BCUT2D eigenvalue weighted by molar-refractivity contribution is 0.0646. The van der Waals surface area contributed by atoms with Crippen molar-refractivity contribution in [1.82, 2.24) is 39.7 Å². The van der Waals surface area contributed by atoms with Crippen molar-refractivity contribution in [2.24, 2.45) is 0 Å². The number of carbonyl (C=O) groups is 1. The number of rotatable bonds is 4. The van der Waals surface area contributed by atoms with Gasteiger partial charge >= 0.3 is 11.8 Å². The summed E-state index contributed by atoms with van der Waals surface area (Å²) in [4.78, 5) is 27.1. The molecule has 3 atom stereocenters. The molecule has 1 aliphatic heterocycles. The zero-order valence-electron chi connectivity index (χ0n) is 17.9. The number of carbonyl (C=O) groups excluding carboxylic acids is 1. The van der Waals surface area contributed by atoms with Gasteiger partial charge in [0, 0.05) is 36.5 Å². The van der Waals surface area contributed by atoms with Crippen LogP contribution in [0.15, 0.2) is 59.5 Å². The average Bonchev–Trinajstić information content (AvgIpc) is 3.62. The molecule has 10 nitrogen and oxygen atoms in total. The van der Waals surface area contributed by atoms with E-state index in [0.29, 0.717) is 18.5 Å². The molecule has 6 rings (SSSR count). The molecule has 0 aliphatic carbocycles. The lowest BCUT2D eigenvalue weighted by Gasteiger charge is -2.32. The van der Waals surface area contributed by atoms with Crippen LogP contribution >= 0.6 is 18.5 Å². The number of aromatic nitrogens is 7. The maximum absolute atomic E-state index is 13.6. The number of aromatic amines is 1. The highest BCUT2D eigenvalue weighted by Gasteiger charge is 2.38. The summed E-state index contributed by atoms with van der Waals surface area (Å²) in [5.74, 6) is -0.203. The number of nitrogens with one attached hydrogen (secondary N) is 1. The Hall–Kier alpha value is -3.48. The Bertz CT molecular complexity index is 1490. The van der Waals surface area contributed by atoms with E-state index in [2.05, 4.69) is 43.6 Å². The molecule has 0 fully saturated rings. The van der Waals surface area contributed by atoms with Gasteiger partial charge in [-0.25, -0.2) is 9.50 Å². The van der Waals surface area contributed by atoms with Gasteiger partial charge in [0.15, 0.2) is 0 Å². The van der Waals surface area contributed by atoms with E-state index in [1.54, 1.807) is 35.8 Å². The van der Waals surface area contributed by atoms with Crippen LogP contribution in [0.3, 0.4) is 0 Å². The molecule has 5 aromatic heterocycles. The highest BCUT2D eigenvalue weighted by atomic mass is 31.1. The third-order valence-electron chi connectivity index (χ3n) is 5.86. The molecular weight excluding hydrogens is 470 g/mol. The fourth-order valence-corrected chi connectivity index (χ4v) is 4.78. The molecule has 2 unspecified atom stereocenters. The SMILES string of the molecule is O=C(c1nnc(-c2cccnc2)o1)N1CCc2[nH]cnc2[C@@H]1c1cc2cccc(C(P)P)n2n1. The number of fused-ring (bicyclic) bond motifs is 2. The summed E-state index contributed by atoms with van der Waals surface area (Å²) in [6.07, 6.45) is 5.56. The Morgan fingerprint density at radius 2 is 2.12 bits per heavy atom. The van der Waals surface area contributed by atoms with Gasteiger partial charge in [-0.2, -0.15) is 5.10 Å². The maximum Gasteiger partial charge on any atom is 0.312 e. The first kappa shape index (κ1) is 21.1. The van der Waals surface area contributed by atoms with Crippen molar-refractivity contribution >= 4 is 29.9 Å². The van der Waals surface area contributed by atoms with Crippen LogP contribution < -0.4 is 0 Å². The van der Waals surface area contributed by atoms with E-state index in [0.717, 1.165) is 28.3 Å². The van der Waals surface area contributed by atoms with Gasteiger partial charge in [0.05, 0.1) is 34.5 Å². The van der Waals surface area contributed by atoms with Crippen LogP contribution in [0.2, 0.25) is 0 Å². The minimum absolute atomic E-state index is 0.0812. The molecule has 12 heteroatoms. The van der Waals surface area contributed by atoms with Gasteiger partial charge in [-0.15, -0.1) is 28.7 Å². The second-order valence-corrected chi connectivity index (χ2v) is 10.2. The van der Waals surface area contributed by atoms with Crippen molar-refractivity contribution in [2.75, 3.05) is 6.54 Å². The molecule has 170 valence electrons. The highest BCUT2D eigenvalue weighted by Crippen LogP contribution is 2.36. The van der Waals surface area contributed by atoms with Crippen molar-refractivity contribution in [2.45, 2.75) is 17.9 Å². The second kappa shape index (κ2) is 8.38. The predicted molar refractivity (Wildman–Crippen MR) is 130 cm³/mol. The van der Waals surface area contributed by atoms with Crippen molar-refractivity contribution in [3.63, 3.8) is 0 Å². The summed E-state index contributed by atoms with van der Waals surface area (Å²) in [6.45, 7) is 0.458. The van der Waals surface area contributed by atoms with E-state index in [9.17, 15) is 4.79 Å². The molecule has 0 bridgehead atoms. The summed E-state index contributed by atoms with van der Waals surface area (Å²) in [5, 5.41) is 13.1. The van der Waals surface area contributed by atoms with E-state index < -0.39 is 6.04 Å². The van der Waals surface area contributed by atoms with Crippen molar-refractivity contribution < 1.29 is 9.21 Å². The monoisotopic (exact) mass is 490 g/mol. The second-order valence-electron chi connectivity index (χ2n) is 7.95. The molecule has 1 N–H and O–H groups in total. The van der Waals surface area contributed by atoms with Crippen LogP contribution in [0.4, 0.5) is 0 Å². The van der Waals surface area contributed by atoms with Gasteiger partial charge in [0.25, 0.3) is 0 Å². The molecule has 0 saturated heterocycles. The molecule has 6 heterocycles. The average molecular weight is 490 g/mol. The maximum atomic E-state index is 13.6. The van der Waals surface area contributed by atoms with Gasteiger partial charge < -0.3 is 14.3 Å². The molecule has 0 radical (unpaired) electrons. The molecular formula is C22H20N8O2P2. The minimum atomic E-state index is -0.489. The predicted octanol–water partition coefficient (Wildman–Crippen LogP) is 3.04. The number of pyridine rings is 2. The summed E-state index contributed by atoms with van der Waals surface area (Å²) in [5.41, 5.74) is 5.09. The smallest absolute Gasteiger partial charge is 0.312 e. The van der Waals surface area contributed by atoms with Crippen LogP contribution in [0, 0.1) is 0 Å². The molecule has 0 spiro atoms. The van der Waals surface area contributed by atoms with Crippen molar-refractivity contribution in [3.8, 4) is 11.5 Å². The van der Waals surface area contributed by atoms with Crippen LogP contribution in [-0.4, -0.2) is 52.1 Å². The highest BCUT2D eigenvalue weighted by molar-refractivity contribution is 7.37. The molecule has 0 aromatic carbocycles. The van der Waals surface area contributed by atoms with Gasteiger partial charge in [0.1, 0.15) is 6.04 Å². The van der Waals surface area contributed by atoms with Crippen molar-refractivity contribution in [1.29, 1.82) is 0 Å². The summed E-state index contributed by atoms with van der Waals surface area (Å²) < 4.78 is 7.63. The molecule has 34 heavy (non-hydrogen) atoms. The number of hydrogen-bond donors (Lipinski definition) is 1. The molecule has 0 saturated carbocycles. The fourth-order valence-electron chi connectivity index (χ4n) is 4.28. The fraction of sp³-hybridized carbons (Fsp3) is 0.182. The number of amides is 1. The normalized spacial score (nSPS) is 15.7. The summed E-state index contributed by atoms with van der Waals surface area (Å²) in [7, 11) is 5.53. The van der Waals surface area contributed by atoms with E-state index >= 15 is 0 Å². The number of nitrogens with zero attached hydrogens (tertiary/aromatic N) is 7. The lowest BCUT2D eigenvalue weighted by atomic mass is 9.99. The Balaban J connectivity index is 1.42. The standard InChI is InChI=1S/C22H20N8O2P2/c31-21(20-27-26-19(32-20)12-3-2-7-23-10-12)29-8-6-14-17(25-11-24-14)18(29)15-9-13-4-1-5-16(22(33)34)30(13)28-15/h1-5,7,9-11,18,22H,6,8,33-34H2,(H,24,25)/t18-/m0/s1. The summed E-state index contributed by atoms with van der Waals surface area (Å²) in [6, 6.07) is 11.1.